The average Bonchev–Trinajstić information content (AvgIpc) is 2.44. The molecule has 1 heterocycles. The molecule has 0 radical (unpaired) electrons. The summed E-state index contributed by atoms with van der Waals surface area (Å²) in [5.74, 6) is 0.187. The highest BCUT2D eigenvalue weighted by molar-refractivity contribution is 9.10. The number of nitrogen functional groups attached to an aromatic ring is 1. The van der Waals surface area contributed by atoms with Crippen molar-refractivity contribution in [3.05, 3.63) is 22.7 Å². The summed E-state index contributed by atoms with van der Waals surface area (Å²) in [6, 6.07) is 5.67. The van der Waals surface area contributed by atoms with Gasteiger partial charge in [-0.2, -0.15) is 0 Å². The summed E-state index contributed by atoms with van der Waals surface area (Å²) in [4.78, 5) is 13.7. The van der Waals surface area contributed by atoms with Gasteiger partial charge in [-0.15, -0.1) is 0 Å². The topological polar surface area (TPSA) is 46.3 Å². The van der Waals surface area contributed by atoms with Gasteiger partial charge in [0.1, 0.15) is 0 Å². The van der Waals surface area contributed by atoms with Crippen LogP contribution in [0, 0.1) is 0 Å². The molecule has 3 nitrogen and oxygen atoms in total. The quantitative estimate of drug-likeness (QED) is 0.805. The van der Waals surface area contributed by atoms with Crippen molar-refractivity contribution in [2.24, 2.45) is 0 Å². The third-order valence-corrected chi connectivity index (χ3v) is 3.35. The number of halogens is 1. The summed E-state index contributed by atoms with van der Waals surface area (Å²) in [5.41, 5.74) is 7.44. The maximum atomic E-state index is 11.9. The monoisotopic (exact) mass is 282 g/mol. The molecule has 0 saturated carbocycles. The number of benzene rings is 1. The second-order valence-corrected chi connectivity index (χ2v) is 4.97. The highest BCUT2D eigenvalue weighted by atomic mass is 79.9. The Morgan fingerprint density at radius 3 is 2.81 bits per heavy atom. The van der Waals surface area contributed by atoms with Crippen molar-refractivity contribution in [3.8, 4) is 0 Å². The molecule has 0 bridgehead atoms. The Labute approximate surface area is 104 Å². The first-order valence-corrected chi connectivity index (χ1v) is 6.33. The van der Waals surface area contributed by atoms with Crippen LogP contribution in [-0.2, 0) is 4.79 Å². The van der Waals surface area contributed by atoms with Crippen molar-refractivity contribution in [2.75, 3.05) is 17.2 Å². The Hall–Kier alpha value is -1.03. The van der Waals surface area contributed by atoms with Crippen LogP contribution in [0.5, 0.6) is 0 Å². The zero-order valence-corrected chi connectivity index (χ0v) is 10.7. The van der Waals surface area contributed by atoms with E-state index in [1.165, 1.54) is 0 Å². The molecule has 0 atom stereocenters. The Bertz CT molecular complexity index is 406. The van der Waals surface area contributed by atoms with Gasteiger partial charge < -0.3 is 10.6 Å². The number of carbonyl (C=O) groups is 1. The van der Waals surface area contributed by atoms with Gasteiger partial charge in [0.2, 0.25) is 5.91 Å². The van der Waals surface area contributed by atoms with Crippen LogP contribution in [0.3, 0.4) is 0 Å². The summed E-state index contributed by atoms with van der Waals surface area (Å²) < 4.78 is 0.941. The van der Waals surface area contributed by atoms with E-state index in [-0.39, 0.29) is 5.91 Å². The molecule has 0 spiro atoms. The highest BCUT2D eigenvalue weighted by Crippen LogP contribution is 2.29. The van der Waals surface area contributed by atoms with E-state index in [1.54, 1.807) is 0 Å². The zero-order valence-electron chi connectivity index (χ0n) is 9.08. The molecule has 0 aliphatic carbocycles. The second-order valence-electron chi connectivity index (χ2n) is 4.06. The smallest absolute Gasteiger partial charge is 0.227 e. The Balaban J connectivity index is 2.30. The average molecular weight is 283 g/mol. The third-order valence-electron chi connectivity index (χ3n) is 2.85. The van der Waals surface area contributed by atoms with Crippen molar-refractivity contribution >= 4 is 33.2 Å². The van der Waals surface area contributed by atoms with Gasteiger partial charge in [-0.1, -0.05) is 22.4 Å². The molecule has 1 amide bonds. The van der Waals surface area contributed by atoms with Gasteiger partial charge in [-0.05, 0) is 31.0 Å². The number of anilines is 2. The molecular formula is C12H15BrN2O. The normalized spacial score (nSPS) is 17.3. The van der Waals surface area contributed by atoms with Crippen molar-refractivity contribution in [1.29, 1.82) is 0 Å². The van der Waals surface area contributed by atoms with Crippen LogP contribution in [0.1, 0.15) is 25.7 Å². The molecular weight excluding hydrogens is 268 g/mol. The molecule has 4 heteroatoms. The van der Waals surface area contributed by atoms with Crippen LogP contribution >= 0.6 is 15.9 Å². The fourth-order valence-electron chi connectivity index (χ4n) is 2.01. The minimum atomic E-state index is 0.187. The Morgan fingerprint density at radius 1 is 1.25 bits per heavy atom. The SMILES string of the molecule is Nc1cc(Br)ccc1N1CCCCCC1=O. The van der Waals surface area contributed by atoms with Crippen molar-refractivity contribution < 1.29 is 4.79 Å². The fourth-order valence-corrected chi connectivity index (χ4v) is 2.39. The number of nitrogens with zero attached hydrogens (tertiary/aromatic N) is 1. The number of hydrogen-bond donors (Lipinski definition) is 1. The molecule has 16 heavy (non-hydrogen) atoms. The van der Waals surface area contributed by atoms with Gasteiger partial charge in [-0.25, -0.2) is 0 Å². The second kappa shape index (κ2) is 4.87. The van der Waals surface area contributed by atoms with Gasteiger partial charge in [0.05, 0.1) is 11.4 Å². The highest BCUT2D eigenvalue weighted by Gasteiger charge is 2.19. The third kappa shape index (κ3) is 2.38. The van der Waals surface area contributed by atoms with E-state index in [9.17, 15) is 4.79 Å². The number of carbonyl (C=O) groups excluding carboxylic acids is 1. The predicted octanol–water partition coefficient (Wildman–Crippen LogP) is 2.94. The zero-order chi connectivity index (χ0) is 11.5. The lowest BCUT2D eigenvalue weighted by molar-refractivity contribution is -0.118. The Morgan fingerprint density at radius 2 is 2.06 bits per heavy atom. The molecule has 1 aliphatic rings. The molecule has 1 fully saturated rings. The number of hydrogen-bond acceptors (Lipinski definition) is 2. The summed E-state index contributed by atoms with van der Waals surface area (Å²) in [6.45, 7) is 0.782. The van der Waals surface area contributed by atoms with E-state index in [0.29, 0.717) is 12.1 Å². The van der Waals surface area contributed by atoms with E-state index in [4.69, 9.17) is 5.73 Å². The fraction of sp³-hybridized carbons (Fsp3) is 0.417. The van der Waals surface area contributed by atoms with Gasteiger partial charge in [0, 0.05) is 17.4 Å². The molecule has 1 saturated heterocycles. The first-order valence-electron chi connectivity index (χ1n) is 5.54. The van der Waals surface area contributed by atoms with E-state index in [2.05, 4.69) is 15.9 Å². The van der Waals surface area contributed by atoms with Crippen LogP contribution in [0.2, 0.25) is 0 Å². The standard InChI is InChI=1S/C12H15BrN2O/c13-9-5-6-11(10(14)8-9)15-7-3-1-2-4-12(15)16/h5-6,8H,1-4,7,14H2. The van der Waals surface area contributed by atoms with Crippen LogP contribution < -0.4 is 10.6 Å². The predicted molar refractivity (Wildman–Crippen MR) is 69.4 cm³/mol. The summed E-state index contributed by atoms with van der Waals surface area (Å²) in [6.07, 6.45) is 3.81. The maximum Gasteiger partial charge on any atom is 0.227 e. The molecule has 1 aromatic rings. The lowest BCUT2D eigenvalue weighted by Gasteiger charge is -2.22. The van der Waals surface area contributed by atoms with Gasteiger partial charge in [0.15, 0.2) is 0 Å². The lowest BCUT2D eigenvalue weighted by atomic mass is 10.2. The molecule has 0 unspecified atom stereocenters. The molecule has 0 aromatic heterocycles. The van der Waals surface area contributed by atoms with E-state index in [0.717, 1.165) is 36.0 Å². The maximum absolute atomic E-state index is 11.9. The van der Waals surface area contributed by atoms with Gasteiger partial charge in [-0.3, -0.25) is 4.79 Å². The minimum absolute atomic E-state index is 0.187. The Kier molecular flexibility index (Phi) is 3.49. The lowest BCUT2D eigenvalue weighted by Crippen LogP contribution is -2.30. The molecule has 1 aromatic carbocycles. The number of amides is 1. The number of rotatable bonds is 1. The van der Waals surface area contributed by atoms with E-state index in [1.807, 2.05) is 23.1 Å². The van der Waals surface area contributed by atoms with Crippen LogP contribution in [0.25, 0.3) is 0 Å². The first-order chi connectivity index (χ1) is 7.68. The van der Waals surface area contributed by atoms with Gasteiger partial charge >= 0.3 is 0 Å². The largest absolute Gasteiger partial charge is 0.397 e. The van der Waals surface area contributed by atoms with Crippen molar-refractivity contribution in [3.63, 3.8) is 0 Å². The molecule has 2 N–H and O–H groups in total. The summed E-state index contributed by atoms with van der Waals surface area (Å²) >= 11 is 3.37. The van der Waals surface area contributed by atoms with Crippen LogP contribution in [-0.4, -0.2) is 12.5 Å². The van der Waals surface area contributed by atoms with E-state index < -0.39 is 0 Å². The summed E-state index contributed by atoms with van der Waals surface area (Å²) in [5, 5.41) is 0. The van der Waals surface area contributed by atoms with Gasteiger partial charge in [0.25, 0.3) is 0 Å². The van der Waals surface area contributed by atoms with Crippen LogP contribution in [0.15, 0.2) is 22.7 Å². The molecule has 86 valence electrons. The minimum Gasteiger partial charge on any atom is -0.397 e. The van der Waals surface area contributed by atoms with E-state index >= 15 is 0 Å². The number of nitrogens with two attached hydrogens (primary N) is 1. The van der Waals surface area contributed by atoms with Crippen LogP contribution in [0.4, 0.5) is 11.4 Å². The first kappa shape index (κ1) is 11.5. The molecule has 1 aliphatic heterocycles. The molecule has 2 rings (SSSR count). The summed E-state index contributed by atoms with van der Waals surface area (Å²) in [7, 11) is 0. The van der Waals surface area contributed by atoms with Crippen molar-refractivity contribution in [1.82, 2.24) is 0 Å². The van der Waals surface area contributed by atoms with Crippen molar-refractivity contribution in [2.45, 2.75) is 25.7 Å².